The summed E-state index contributed by atoms with van der Waals surface area (Å²) in [7, 11) is 0. The first kappa shape index (κ1) is 16.4. The summed E-state index contributed by atoms with van der Waals surface area (Å²) in [5.74, 6) is -0.161. The molecule has 2 amide bonds. The molecular weight excluding hydrogens is 328 g/mol. The Morgan fingerprint density at radius 1 is 1.04 bits per heavy atom. The summed E-state index contributed by atoms with van der Waals surface area (Å²) >= 11 is 0. The predicted octanol–water partition coefficient (Wildman–Crippen LogP) is 4.23. The smallest absolute Gasteiger partial charge is 0.291 e. The zero-order valence-electron chi connectivity index (χ0n) is 14.6. The van der Waals surface area contributed by atoms with Gasteiger partial charge in [0.1, 0.15) is 5.58 Å². The van der Waals surface area contributed by atoms with Gasteiger partial charge in [0.05, 0.1) is 11.3 Å². The minimum Gasteiger partial charge on any atom is -0.451 e. The summed E-state index contributed by atoms with van der Waals surface area (Å²) in [6.45, 7) is 3.42. The van der Waals surface area contributed by atoms with Gasteiger partial charge in [-0.15, -0.1) is 0 Å². The van der Waals surface area contributed by atoms with Gasteiger partial charge in [-0.1, -0.05) is 30.3 Å². The molecule has 5 nitrogen and oxygen atoms in total. The number of nitrogens with zero attached hydrogens (tertiary/aromatic N) is 1. The molecule has 1 saturated heterocycles. The van der Waals surface area contributed by atoms with E-state index in [1.54, 1.807) is 12.1 Å². The van der Waals surface area contributed by atoms with Gasteiger partial charge in [0.2, 0.25) is 0 Å². The van der Waals surface area contributed by atoms with Gasteiger partial charge in [0, 0.05) is 18.5 Å². The maximum Gasteiger partial charge on any atom is 0.291 e. The molecule has 0 radical (unpaired) electrons. The number of likely N-dealkylation sites (tertiary alicyclic amines) is 1. The van der Waals surface area contributed by atoms with E-state index in [1.807, 2.05) is 48.2 Å². The number of aryl methyl sites for hydroxylation is 1. The van der Waals surface area contributed by atoms with Crippen molar-refractivity contribution in [2.45, 2.75) is 19.8 Å². The molecular formula is C21H20N2O3. The van der Waals surface area contributed by atoms with E-state index in [4.69, 9.17) is 4.42 Å². The van der Waals surface area contributed by atoms with Gasteiger partial charge < -0.3 is 14.6 Å². The Labute approximate surface area is 151 Å². The van der Waals surface area contributed by atoms with Crippen LogP contribution in [-0.2, 0) is 0 Å². The number of carbonyl (C=O) groups excluding carboxylic acids is 2. The number of anilines is 1. The zero-order chi connectivity index (χ0) is 18.1. The molecule has 0 aliphatic carbocycles. The van der Waals surface area contributed by atoms with Crippen molar-refractivity contribution in [3.8, 4) is 0 Å². The van der Waals surface area contributed by atoms with Gasteiger partial charge in [0.15, 0.2) is 5.76 Å². The summed E-state index contributed by atoms with van der Waals surface area (Å²) in [6.07, 6.45) is 2.05. The van der Waals surface area contributed by atoms with Gasteiger partial charge in [-0.05, 0) is 43.5 Å². The lowest BCUT2D eigenvalue weighted by atomic mass is 10.1. The molecule has 1 N–H and O–H groups in total. The SMILES string of the molecule is Cc1cccc(C(=O)N2CCCC2)c1NC(=O)c1cc2ccccc2o1. The van der Waals surface area contributed by atoms with Crippen molar-refractivity contribution in [3.63, 3.8) is 0 Å². The Hall–Kier alpha value is -3.08. The molecule has 0 atom stereocenters. The number of benzene rings is 2. The summed E-state index contributed by atoms with van der Waals surface area (Å²) < 4.78 is 5.63. The molecule has 132 valence electrons. The van der Waals surface area contributed by atoms with E-state index in [-0.39, 0.29) is 17.6 Å². The molecule has 2 aromatic carbocycles. The van der Waals surface area contributed by atoms with Crippen LogP contribution in [0.15, 0.2) is 52.9 Å². The lowest BCUT2D eigenvalue weighted by Crippen LogP contribution is -2.29. The van der Waals surface area contributed by atoms with Crippen molar-refractivity contribution in [1.29, 1.82) is 0 Å². The maximum absolute atomic E-state index is 12.8. The number of hydrogen-bond donors (Lipinski definition) is 1. The van der Waals surface area contributed by atoms with E-state index < -0.39 is 0 Å². The molecule has 4 rings (SSSR count). The molecule has 2 heterocycles. The van der Waals surface area contributed by atoms with Crippen LogP contribution in [0.2, 0.25) is 0 Å². The molecule has 1 aliphatic heterocycles. The number of fused-ring (bicyclic) bond motifs is 1. The number of hydrogen-bond acceptors (Lipinski definition) is 3. The average molecular weight is 348 g/mol. The van der Waals surface area contributed by atoms with Gasteiger partial charge in [-0.25, -0.2) is 0 Å². The predicted molar refractivity (Wildman–Crippen MR) is 100 cm³/mol. The Bertz CT molecular complexity index is 951. The largest absolute Gasteiger partial charge is 0.451 e. The highest BCUT2D eigenvalue weighted by Gasteiger charge is 2.24. The van der Waals surface area contributed by atoms with Crippen LogP contribution in [0.5, 0.6) is 0 Å². The van der Waals surface area contributed by atoms with Crippen molar-refractivity contribution in [3.05, 3.63) is 65.4 Å². The highest BCUT2D eigenvalue weighted by molar-refractivity contribution is 6.09. The van der Waals surface area contributed by atoms with Gasteiger partial charge in [0.25, 0.3) is 11.8 Å². The van der Waals surface area contributed by atoms with Crippen LogP contribution in [-0.4, -0.2) is 29.8 Å². The number of carbonyl (C=O) groups is 2. The van der Waals surface area contributed by atoms with Crippen molar-refractivity contribution in [2.75, 3.05) is 18.4 Å². The molecule has 26 heavy (non-hydrogen) atoms. The van der Waals surface area contributed by atoms with Crippen LogP contribution >= 0.6 is 0 Å². The molecule has 1 aliphatic rings. The molecule has 0 unspecified atom stereocenters. The quantitative estimate of drug-likeness (QED) is 0.770. The normalized spacial score (nSPS) is 14.0. The maximum atomic E-state index is 12.8. The Balaban J connectivity index is 1.64. The first-order chi connectivity index (χ1) is 12.6. The van der Waals surface area contributed by atoms with Gasteiger partial charge in [-0.3, -0.25) is 9.59 Å². The minimum absolute atomic E-state index is 0.0360. The number of para-hydroxylation sites is 2. The molecule has 3 aromatic rings. The first-order valence-corrected chi connectivity index (χ1v) is 8.82. The second kappa shape index (κ2) is 6.67. The Morgan fingerprint density at radius 3 is 2.58 bits per heavy atom. The summed E-state index contributed by atoms with van der Waals surface area (Å²) in [5, 5.41) is 3.75. The second-order valence-corrected chi connectivity index (χ2v) is 6.60. The van der Waals surface area contributed by atoms with E-state index in [2.05, 4.69) is 5.32 Å². The second-order valence-electron chi connectivity index (χ2n) is 6.60. The first-order valence-electron chi connectivity index (χ1n) is 8.82. The van der Waals surface area contributed by atoms with E-state index in [0.29, 0.717) is 16.8 Å². The third kappa shape index (κ3) is 2.96. The zero-order valence-corrected chi connectivity index (χ0v) is 14.6. The van der Waals surface area contributed by atoms with Crippen molar-refractivity contribution in [2.24, 2.45) is 0 Å². The van der Waals surface area contributed by atoms with E-state index in [0.717, 1.165) is 36.9 Å². The van der Waals surface area contributed by atoms with E-state index in [1.165, 1.54) is 0 Å². The third-order valence-corrected chi connectivity index (χ3v) is 4.78. The fourth-order valence-electron chi connectivity index (χ4n) is 3.37. The van der Waals surface area contributed by atoms with E-state index >= 15 is 0 Å². The molecule has 0 saturated carbocycles. The standard InChI is InChI=1S/C21H20N2O3/c1-14-7-6-9-16(21(25)23-11-4-5-12-23)19(14)22-20(24)18-13-15-8-2-3-10-17(15)26-18/h2-3,6-10,13H,4-5,11-12H2,1H3,(H,22,24). The molecule has 0 spiro atoms. The van der Waals surface area contributed by atoms with Crippen molar-refractivity contribution < 1.29 is 14.0 Å². The highest BCUT2D eigenvalue weighted by Crippen LogP contribution is 2.26. The molecule has 0 bridgehead atoms. The van der Waals surface area contributed by atoms with Crippen LogP contribution < -0.4 is 5.32 Å². The fraction of sp³-hybridized carbons (Fsp3) is 0.238. The number of amides is 2. The minimum atomic E-state index is -0.356. The van der Waals surface area contributed by atoms with E-state index in [9.17, 15) is 9.59 Å². The molecule has 5 heteroatoms. The Morgan fingerprint density at radius 2 is 1.81 bits per heavy atom. The van der Waals surface area contributed by atoms with Crippen LogP contribution in [0.1, 0.15) is 39.3 Å². The average Bonchev–Trinajstić information content (AvgIpc) is 3.32. The lowest BCUT2D eigenvalue weighted by molar-refractivity contribution is 0.0793. The van der Waals surface area contributed by atoms with Crippen molar-refractivity contribution in [1.82, 2.24) is 4.90 Å². The molecule has 1 fully saturated rings. The summed E-state index contributed by atoms with van der Waals surface area (Å²) in [5.41, 5.74) is 2.58. The monoisotopic (exact) mass is 348 g/mol. The van der Waals surface area contributed by atoms with Crippen LogP contribution in [0, 0.1) is 6.92 Å². The Kier molecular flexibility index (Phi) is 4.21. The van der Waals surface area contributed by atoms with Crippen LogP contribution in [0.25, 0.3) is 11.0 Å². The number of nitrogens with one attached hydrogen (secondary N) is 1. The number of rotatable bonds is 3. The molecule has 1 aromatic heterocycles. The van der Waals surface area contributed by atoms with Crippen LogP contribution in [0.3, 0.4) is 0 Å². The summed E-state index contributed by atoms with van der Waals surface area (Å²) in [4.78, 5) is 27.4. The third-order valence-electron chi connectivity index (χ3n) is 4.78. The van der Waals surface area contributed by atoms with Gasteiger partial charge >= 0.3 is 0 Å². The topological polar surface area (TPSA) is 62.6 Å². The number of furan rings is 1. The lowest BCUT2D eigenvalue weighted by Gasteiger charge is -2.19. The van der Waals surface area contributed by atoms with Gasteiger partial charge in [-0.2, -0.15) is 0 Å². The van der Waals surface area contributed by atoms with Crippen LogP contribution in [0.4, 0.5) is 5.69 Å². The highest BCUT2D eigenvalue weighted by atomic mass is 16.3. The fourth-order valence-corrected chi connectivity index (χ4v) is 3.37. The van der Waals surface area contributed by atoms with Crippen molar-refractivity contribution >= 4 is 28.5 Å². The summed E-state index contributed by atoms with van der Waals surface area (Å²) in [6, 6.07) is 14.7.